The Bertz CT molecular complexity index is 771. The number of rotatable bonds is 7. The maximum atomic E-state index is 13.3. The van der Waals surface area contributed by atoms with Crippen LogP contribution in [0.25, 0.3) is 10.9 Å². The number of hydrogen-bond donors (Lipinski definition) is 3. The topological polar surface area (TPSA) is 61.4 Å². The molecule has 2 aromatic rings. The lowest BCUT2D eigenvalue weighted by atomic mass is 9.99. The van der Waals surface area contributed by atoms with Gasteiger partial charge in [0.2, 0.25) is 0 Å². The number of nitrogens with one attached hydrogen (secondary N) is 3. The Labute approximate surface area is 187 Å². The Kier molecular flexibility index (Phi) is 9.36. The van der Waals surface area contributed by atoms with Gasteiger partial charge in [-0.3, -0.25) is 4.99 Å². The molecule has 28 heavy (non-hydrogen) atoms. The highest BCUT2D eigenvalue weighted by atomic mass is 127. The molecule has 0 amide bonds. The van der Waals surface area contributed by atoms with Crippen LogP contribution in [0.5, 0.6) is 0 Å². The van der Waals surface area contributed by atoms with Gasteiger partial charge in [-0.1, -0.05) is 6.92 Å². The van der Waals surface area contributed by atoms with Crippen molar-refractivity contribution in [3.8, 4) is 0 Å². The minimum Gasteiger partial charge on any atom is -0.381 e. The smallest absolute Gasteiger partial charge is 0.191 e. The van der Waals surface area contributed by atoms with Crippen molar-refractivity contribution in [3.05, 3.63) is 35.8 Å². The molecule has 0 aliphatic carbocycles. The molecular weight excluding hydrogens is 490 g/mol. The van der Waals surface area contributed by atoms with Gasteiger partial charge in [-0.25, -0.2) is 4.39 Å². The average Bonchev–Trinajstić information content (AvgIpc) is 3.07. The molecule has 1 aromatic heterocycles. The first kappa shape index (κ1) is 23.3. The predicted octanol–water partition coefficient (Wildman–Crippen LogP) is 3.93. The molecule has 8 heteroatoms. The Morgan fingerprint density at radius 1 is 1.32 bits per heavy atom. The molecule has 0 unspecified atom stereocenters. The van der Waals surface area contributed by atoms with Crippen molar-refractivity contribution in [2.75, 3.05) is 39.1 Å². The minimum atomic E-state index is -0.217. The van der Waals surface area contributed by atoms with E-state index < -0.39 is 0 Å². The molecule has 2 heterocycles. The normalized spacial score (nSPS) is 16.6. The van der Waals surface area contributed by atoms with Crippen LogP contribution in [0.2, 0.25) is 0 Å². The number of H-pyrrole nitrogens is 1. The van der Waals surface area contributed by atoms with Crippen molar-refractivity contribution in [3.63, 3.8) is 0 Å². The van der Waals surface area contributed by atoms with Crippen molar-refractivity contribution < 1.29 is 9.13 Å². The summed E-state index contributed by atoms with van der Waals surface area (Å²) in [6.07, 6.45) is 4.94. The summed E-state index contributed by atoms with van der Waals surface area (Å²) in [4.78, 5) is 7.49. The van der Waals surface area contributed by atoms with Crippen LogP contribution in [0.3, 0.4) is 0 Å². The maximum Gasteiger partial charge on any atom is 0.191 e. The largest absolute Gasteiger partial charge is 0.381 e. The van der Waals surface area contributed by atoms with E-state index in [4.69, 9.17) is 4.74 Å². The second-order valence-corrected chi connectivity index (χ2v) is 8.57. The van der Waals surface area contributed by atoms with E-state index in [0.29, 0.717) is 0 Å². The van der Waals surface area contributed by atoms with E-state index in [1.807, 2.05) is 24.0 Å². The second kappa shape index (κ2) is 11.3. The Morgan fingerprint density at radius 2 is 2.11 bits per heavy atom. The number of ether oxygens (including phenoxy) is 1. The standard InChI is InChI=1S/C20H29FN4OS.HI/c1-3-27-20(7-10-26-11-8-20)14-25-19(22-2)23-9-6-15-13-24-18-12-16(21)4-5-17(15)18;/h4-5,12-13,24H,3,6-11,14H2,1-2H3,(H2,22,23,25);1H. The van der Waals surface area contributed by atoms with Gasteiger partial charge in [-0.05, 0) is 48.8 Å². The zero-order valence-corrected chi connectivity index (χ0v) is 19.7. The fraction of sp³-hybridized carbons (Fsp3) is 0.550. The van der Waals surface area contributed by atoms with Crippen LogP contribution >= 0.6 is 35.7 Å². The van der Waals surface area contributed by atoms with Crippen LogP contribution in [0.4, 0.5) is 4.39 Å². The summed E-state index contributed by atoms with van der Waals surface area (Å²) in [6.45, 7) is 5.54. The van der Waals surface area contributed by atoms with E-state index in [2.05, 4.69) is 27.5 Å². The molecule has 0 atom stereocenters. The lowest BCUT2D eigenvalue weighted by molar-refractivity contribution is 0.0782. The summed E-state index contributed by atoms with van der Waals surface area (Å²) < 4.78 is 19.1. The van der Waals surface area contributed by atoms with E-state index in [1.54, 1.807) is 7.05 Å². The van der Waals surface area contributed by atoms with Gasteiger partial charge in [0.15, 0.2) is 5.96 Å². The van der Waals surface area contributed by atoms with Gasteiger partial charge >= 0.3 is 0 Å². The molecule has 3 rings (SSSR count). The monoisotopic (exact) mass is 520 g/mol. The van der Waals surface area contributed by atoms with E-state index in [1.165, 1.54) is 17.7 Å². The van der Waals surface area contributed by atoms with Crippen LogP contribution in [-0.2, 0) is 11.2 Å². The molecule has 156 valence electrons. The highest BCUT2D eigenvalue weighted by molar-refractivity contribution is 14.0. The third-order valence-electron chi connectivity index (χ3n) is 5.07. The molecule has 5 nitrogen and oxygen atoms in total. The summed E-state index contributed by atoms with van der Waals surface area (Å²) in [5.41, 5.74) is 2.01. The molecule has 1 aliphatic heterocycles. The van der Waals surface area contributed by atoms with Gasteiger partial charge in [-0.15, -0.1) is 24.0 Å². The number of hydrogen-bond acceptors (Lipinski definition) is 3. The zero-order chi connectivity index (χ0) is 19.1. The molecule has 1 aromatic carbocycles. The molecule has 1 fully saturated rings. The predicted molar refractivity (Wildman–Crippen MR) is 128 cm³/mol. The van der Waals surface area contributed by atoms with Gasteiger partial charge in [0.05, 0.1) is 0 Å². The fourth-order valence-electron chi connectivity index (χ4n) is 3.57. The highest BCUT2D eigenvalue weighted by Crippen LogP contribution is 2.34. The van der Waals surface area contributed by atoms with Crippen molar-refractivity contribution in [1.29, 1.82) is 0 Å². The number of guanidine groups is 1. The molecule has 3 N–H and O–H groups in total. The summed E-state index contributed by atoms with van der Waals surface area (Å²) in [7, 11) is 1.80. The van der Waals surface area contributed by atoms with E-state index in [9.17, 15) is 4.39 Å². The average molecular weight is 520 g/mol. The van der Waals surface area contributed by atoms with Gasteiger partial charge in [0, 0.05) is 55.2 Å². The van der Waals surface area contributed by atoms with Crippen molar-refractivity contribution in [2.24, 2.45) is 4.99 Å². The lowest BCUT2D eigenvalue weighted by Crippen LogP contribution is -2.48. The number of fused-ring (bicyclic) bond motifs is 1. The number of thioether (sulfide) groups is 1. The first-order valence-corrected chi connectivity index (χ1v) is 10.6. The SMILES string of the molecule is CCSC1(CNC(=NC)NCCc2c[nH]c3cc(F)ccc23)CCOCC1.I. The van der Waals surface area contributed by atoms with Crippen LogP contribution < -0.4 is 10.6 Å². The van der Waals surface area contributed by atoms with Crippen LogP contribution in [0, 0.1) is 5.82 Å². The summed E-state index contributed by atoms with van der Waals surface area (Å²) in [5.74, 6) is 1.71. The number of halogens is 2. The van der Waals surface area contributed by atoms with Gasteiger partial charge in [0.1, 0.15) is 5.82 Å². The van der Waals surface area contributed by atoms with Crippen molar-refractivity contribution >= 4 is 52.6 Å². The van der Waals surface area contributed by atoms with Crippen LogP contribution in [0.1, 0.15) is 25.3 Å². The third kappa shape index (κ3) is 6.00. The van der Waals surface area contributed by atoms with E-state index in [0.717, 1.165) is 68.2 Å². The van der Waals surface area contributed by atoms with Crippen molar-refractivity contribution in [1.82, 2.24) is 15.6 Å². The minimum absolute atomic E-state index is 0. The van der Waals surface area contributed by atoms with Crippen molar-refractivity contribution in [2.45, 2.75) is 30.9 Å². The molecule has 1 saturated heterocycles. The molecule has 0 spiro atoms. The first-order valence-electron chi connectivity index (χ1n) is 9.57. The first-order chi connectivity index (χ1) is 13.2. The Balaban J connectivity index is 0.00000280. The quantitative estimate of drug-likeness (QED) is 0.294. The number of aromatic amines is 1. The van der Waals surface area contributed by atoms with Gasteiger partial charge in [-0.2, -0.15) is 11.8 Å². The third-order valence-corrected chi connectivity index (χ3v) is 6.53. The maximum absolute atomic E-state index is 13.3. The van der Waals surface area contributed by atoms with Gasteiger partial charge < -0.3 is 20.4 Å². The fourth-order valence-corrected chi connectivity index (χ4v) is 4.81. The lowest BCUT2D eigenvalue weighted by Gasteiger charge is -2.37. The summed E-state index contributed by atoms with van der Waals surface area (Å²) in [6, 6.07) is 4.87. The zero-order valence-electron chi connectivity index (χ0n) is 16.5. The Hall–Kier alpha value is -1.00. The Morgan fingerprint density at radius 3 is 2.82 bits per heavy atom. The highest BCUT2D eigenvalue weighted by Gasteiger charge is 2.32. The molecule has 1 aliphatic rings. The number of benzene rings is 1. The van der Waals surface area contributed by atoms with Crippen LogP contribution in [-0.4, -0.2) is 54.8 Å². The molecule has 0 bridgehead atoms. The summed E-state index contributed by atoms with van der Waals surface area (Å²) >= 11 is 2.02. The second-order valence-electron chi connectivity index (χ2n) is 6.83. The van der Waals surface area contributed by atoms with Gasteiger partial charge in [0.25, 0.3) is 0 Å². The molecule has 0 radical (unpaired) electrons. The number of aromatic nitrogens is 1. The number of aliphatic imine (C=N–C) groups is 1. The number of nitrogens with zero attached hydrogens (tertiary/aromatic N) is 1. The molecular formula is C20H30FIN4OS. The molecule has 0 saturated carbocycles. The van der Waals surface area contributed by atoms with E-state index >= 15 is 0 Å². The van der Waals surface area contributed by atoms with E-state index in [-0.39, 0.29) is 34.5 Å². The summed E-state index contributed by atoms with van der Waals surface area (Å²) in [5, 5.41) is 7.96. The van der Waals surface area contributed by atoms with Crippen LogP contribution in [0.15, 0.2) is 29.4 Å².